The van der Waals surface area contributed by atoms with E-state index in [-0.39, 0.29) is 70.4 Å². The van der Waals surface area contributed by atoms with E-state index in [1.54, 1.807) is 0 Å². The molecule has 0 aliphatic carbocycles. The molecule has 0 fully saturated rings. The number of hydrogen-bond donors (Lipinski definition) is 4. The number of aliphatic carboxylic acids is 1. The third-order valence-corrected chi connectivity index (χ3v) is 3.23. The molecular formula is C21H24FKO7. The number of aliphatic hydroxyl groups excluding tert-OH is 3. The van der Waals surface area contributed by atoms with Crippen molar-refractivity contribution in [1.82, 2.24) is 0 Å². The molecule has 7 nitrogen and oxygen atoms in total. The number of aliphatic hydroxyl groups is 3. The first-order chi connectivity index (χ1) is 13.9. The zero-order valence-electron chi connectivity index (χ0n) is 15.5. The van der Waals surface area contributed by atoms with Crippen LogP contribution in [0.3, 0.4) is 0 Å². The molecule has 0 amide bonds. The number of allylic oxidation sites excluding steroid dienone is 4. The molecule has 0 saturated carbocycles. The monoisotopic (exact) mass is 446 g/mol. The fourth-order valence-corrected chi connectivity index (χ4v) is 1.80. The molecule has 0 aliphatic heterocycles. The molecule has 158 valence electrons. The standard InChI is InChI=1S/C21H23FO7.K.H/c22-16-9-11-18(12-10-16)29-13-17(23)7-5-3-1-2-4-6-8-19(24)20(25)14-28-15-21(26)27;;/h2,4-12,17,19-20,23-25H,13-15H2,(H,26,27);;/t17-,19+,20+;;/m1../s1. The molecule has 0 radical (unpaired) electrons. The second-order valence-corrected chi connectivity index (χ2v) is 5.69. The van der Waals surface area contributed by atoms with Crippen molar-refractivity contribution >= 4 is 57.4 Å². The van der Waals surface area contributed by atoms with Gasteiger partial charge in [0.05, 0.1) is 6.61 Å². The molecule has 4 N–H and O–H groups in total. The quantitative estimate of drug-likeness (QED) is 0.221. The van der Waals surface area contributed by atoms with Crippen LogP contribution >= 0.6 is 0 Å². The van der Waals surface area contributed by atoms with Gasteiger partial charge in [-0.05, 0) is 42.5 Å². The maximum absolute atomic E-state index is 12.8. The zero-order valence-corrected chi connectivity index (χ0v) is 15.5. The summed E-state index contributed by atoms with van der Waals surface area (Å²) in [6, 6.07) is 5.44. The normalized spacial score (nSPS) is 14.1. The molecule has 0 heterocycles. The van der Waals surface area contributed by atoms with Gasteiger partial charge in [0.25, 0.3) is 0 Å². The molecule has 0 spiro atoms. The molecule has 0 saturated heterocycles. The summed E-state index contributed by atoms with van der Waals surface area (Å²) in [6.45, 7) is -0.859. The van der Waals surface area contributed by atoms with Gasteiger partial charge in [0.15, 0.2) is 0 Å². The Morgan fingerprint density at radius 1 is 1.03 bits per heavy atom. The van der Waals surface area contributed by atoms with Crippen molar-refractivity contribution in [2.45, 2.75) is 18.3 Å². The van der Waals surface area contributed by atoms with Crippen molar-refractivity contribution in [2.75, 3.05) is 19.8 Å². The molecule has 0 unspecified atom stereocenters. The number of rotatable bonds is 11. The van der Waals surface area contributed by atoms with Gasteiger partial charge in [-0.3, -0.25) is 0 Å². The van der Waals surface area contributed by atoms with E-state index in [1.165, 1.54) is 60.7 Å². The fourth-order valence-electron chi connectivity index (χ4n) is 1.80. The van der Waals surface area contributed by atoms with E-state index in [2.05, 4.69) is 16.6 Å². The molecule has 1 rings (SSSR count). The van der Waals surface area contributed by atoms with E-state index in [1.807, 2.05) is 0 Å². The van der Waals surface area contributed by atoms with E-state index in [0.29, 0.717) is 5.75 Å². The number of hydrogen-bond acceptors (Lipinski definition) is 6. The van der Waals surface area contributed by atoms with Gasteiger partial charge in [-0.15, -0.1) is 0 Å². The van der Waals surface area contributed by atoms with Crippen LogP contribution in [0.1, 0.15) is 0 Å². The molecule has 0 aliphatic rings. The van der Waals surface area contributed by atoms with E-state index in [0.717, 1.165) is 0 Å². The summed E-state index contributed by atoms with van der Waals surface area (Å²) in [7, 11) is 0. The number of carboxylic acid groups (broad SMARTS) is 1. The molecule has 1 aromatic carbocycles. The molecule has 30 heavy (non-hydrogen) atoms. The molecule has 3 atom stereocenters. The van der Waals surface area contributed by atoms with Crippen LogP contribution in [-0.2, 0) is 9.53 Å². The minimum absolute atomic E-state index is 0. The SMILES string of the molecule is O=C(O)COC[C@H](O)[C@@H](O)C=CC=CC#CC=C[C@@H](O)COc1ccc(F)cc1.[KH]. The van der Waals surface area contributed by atoms with Crippen LogP contribution in [0.2, 0.25) is 0 Å². The van der Waals surface area contributed by atoms with E-state index in [4.69, 9.17) is 9.84 Å². The van der Waals surface area contributed by atoms with Crippen molar-refractivity contribution in [2.24, 2.45) is 0 Å². The van der Waals surface area contributed by atoms with Gasteiger partial charge in [-0.2, -0.15) is 0 Å². The van der Waals surface area contributed by atoms with Crippen LogP contribution in [0.25, 0.3) is 0 Å². The number of carboxylic acids is 1. The van der Waals surface area contributed by atoms with Gasteiger partial charge < -0.3 is 29.9 Å². The number of halogens is 1. The first kappa shape index (κ1) is 28.7. The van der Waals surface area contributed by atoms with Crippen molar-refractivity contribution in [1.29, 1.82) is 0 Å². The average molecular weight is 447 g/mol. The third kappa shape index (κ3) is 14.6. The first-order valence-electron chi connectivity index (χ1n) is 8.61. The molecule has 1 aromatic rings. The van der Waals surface area contributed by atoms with Crippen LogP contribution in [0, 0.1) is 17.7 Å². The molecular weight excluding hydrogens is 422 g/mol. The fraction of sp³-hybridized carbons (Fsp3) is 0.286. The van der Waals surface area contributed by atoms with Gasteiger partial charge in [-0.25, -0.2) is 9.18 Å². The van der Waals surface area contributed by atoms with Gasteiger partial charge in [0, 0.05) is 0 Å². The van der Waals surface area contributed by atoms with Crippen LogP contribution in [-0.4, -0.2) is 116 Å². The third-order valence-electron chi connectivity index (χ3n) is 3.23. The number of ether oxygens (including phenoxy) is 2. The van der Waals surface area contributed by atoms with E-state index in [9.17, 15) is 24.5 Å². The summed E-state index contributed by atoms with van der Waals surface area (Å²) < 4.78 is 22.7. The van der Waals surface area contributed by atoms with Gasteiger partial charge in [0.2, 0.25) is 0 Å². The zero-order chi connectivity index (χ0) is 21.5. The second-order valence-electron chi connectivity index (χ2n) is 5.69. The second kappa shape index (κ2) is 17.4. The van der Waals surface area contributed by atoms with Crippen molar-refractivity contribution in [3.05, 3.63) is 66.5 Å². The molecule has 0 aromatic heterocycles. The summed E-state index contributed by atoms with van der Waals surface area (Å²) in [5, 5.41) is 37.3. The Morgan fingerprint density at radius 3 is 2.37 bits per heavy atom. The van der Waals surface area contributed by atoms with E-state index < -0.39 is 30.9 Å². The summed E-state index contributed by atoms with van der Waals surface area (Å²) >= 11 is 0. The van der Waals surface area contributed by atoms with E-state index >= 15 is 0 Å². The summed E-state index contributed by atoms with van der Waals surface area (Å²) in [5.41, 5.74) is 0. The Morgan fingerprint density at radius 2 is 1.70 bits per heavy atom. The van der Waals surface area contributed by atoms with Crippen LogP contribution in [0.4, 0.5) is 4.39 Å². The number of benzene rings is 1. The van der Waals surface area contributed by atoms with Crippen molar-refractivity contribution in [3.8, 4) is 17.6 Å². The molecule has 0 bridgehead atoms. The van der Waals surface area contributed by atoms with Crippen LogP contribution in [0.15, 0.2) is 60.7 Å². The maximum atomic E-state index is 12.8. The molecule has 9 heteroatoms. The Hall–Kier alpha value is -1.32. The predicted octanol–water partition coefficient (Wildman–Crippen LogP) is 0.412. The van der Waals surface area contributed by atoms with Gasteiger partial charge in [-0.1, -0.05) is 30.1 Å². The average Bonchev–Trinajstić information content (AvgIpc) is 2.69. The van der Waals surface area contributed by atoms with Crippen LogP contribution < -0.4 is 4.74 Å². The Kier molecular flexibility index (Phi) is 16.6. The Labute approximate surface area is 216 Å². The first-order valence-corrected chi connectivity index (χ1v) is 8.61. The van der Waals surface area contributed by atoms with Crippen molar-refractivity contribution < 1.29 is 39.1 Å². The summed E-state index contributed by atoms with van der Waals surface area (Å²) in [5.74, 6) is 4.26. The van der Waals surface area contributed by atoms with Crippen molar-refractivity contribution in [3.63, 3.8) is 0 Å². The summed E-state index contributed by atoms with van der Waals surface area (Å²) in [4.78, 5) is 10.3. The number of carbonyl (C=O) groups is 1. The van der Waals surface area contributed by atoms with Crippen LogP contribution in [0.5, 0.6) is 5.75 Å². The predicted molar refractivity (Wildman–Crippen MR) is 111 cm³/mol. The topological polar surface area (TPSA) is 116 Å². The minimum atomic E-state index is -1.24. The Balaban J connectivity index is 0.00000841. The summed E-state index contributed by atoms with van der Waals surface area (Å²) in [6.07, 6.45) is 5.35. The van der Waals surface area contributed by atoms with Gasteiger partial charge in [0.1, 0.15) is 43.1 Å². The Bertz CT molecular complexity index is 766. The van der Waals surface area contributed by atoms with Gasteiger partial charge >= 0.3 is 57.4 Å².